The second kappa shape index (κ2) is 6.13. The Bertz CT molecular complexity index is 614. The van der Waals surface area contributed by atoms with Gasteiger partial charge in [-0.15, -0.1) is 5.10 Å². The predicted octanol–water partition coefficient (Wildman–Crippen LogP) is 2.31. The van der Waals surface area contributed by atoms with E-state index in [0.29, 0.717) is 12.2 Å². The first-order chi connectivity index (χ1) is 9.49. The molecule has 0 fully saturated rings. The third-order valence-electron chi connectivity index (χ3n) is 3.31. The van der Waals surface area contributed by atoms with Crippen LogP contribution in [0.3, 0.4) is 0 Å². The molecule has 1 N–H and O–H groups in total. The number of nitrogens with zero attached hydrogens (tertiary/aromatic N) is 4. The maximum Gasteiger partial charge on any atom is 0.308 e. The molecule has 6 nitrogen and oxygen atoms in total. The summed E-state index contributed by atoms with van der Waals surface area (Å²) in [7, 11) is 0. The Hall–Kier alpha value is -1.76. The summed E-state index contributed by atoms with van der Waals surface area (Å²) in [6.45, 7) is 3.46. The SMILES string of the molecule is CC(C(=O)O)C(C)n1nnnc1Cc1cccc(Br)c1. The molecule has 0 aliphatic heterocycles. The Morgan fingerprint density at radius 1 is 1.45 bits per heavy atom. The van der Waals surface area contributed by atoms with Crippen LogP contribution in [0.2, 0.25) is 0 Å². The number of aliphatic carboxylic acids is 1. The molecular weight excluding hydrogens is 324 g/mol. The van der Waals surface area contributed by atoms with Crippen LogP contribution in [0, 0.1) is 5.92 Å². The minimum atomic E-state index is -0.860. The van der Waals surface area contributed by atoms with Gasteiger partial charge in [0.25, 0.3) is 0 Å². The first-order valence-corrected chi connectivity index (χ1v) is 7.02. The van der Waals surface area contributed by atoms with Crippen molar-refractivity contribution in [2.45, 2.75) is 26.3 Å². The monoisotopic (exact) mass is 338 g/mol. The molecule has 2 atom stereocenters. The lowest BCUT2D eigenvalue weighted by molar-refractivity contribution is -0.142. The van der Waals surface area contributed by atoms with Crippen LogP contribution >= 0.6 is 15.9 Å². The molecule has 0 radical (unpaired) electrons. The molecular formula is C13H15BrN4O2. The number of hydrogen-bond donors (Lipinski definition) is 1. The number of hydrogen-bond acceptors (Lipinski definition) is 4. The molecule has 0 aliphatic rings. The van der Waals surface area contributed by atoms with Gasteiger partial charge < -0.3 is 5.11 Å². The van der Waals surface area contributed by atoms with Crippen LogP contribution in [0.1, 0.15) is 31.3 Å². The number of benzene rings is 1. The highest BCUT2D eigenvalue weighted by Crippen LogP contribution is 2.20. The van der Waals surface area contributed by atoms with E-state index in [1.807, 2.05) is 24.3 Å². The van der Waals surface area contributed by atoms with Gasteiger partial charge in [0.1, 0.15) is 0 Å². The van der Waals surface area contributed by atoms with Crippen LogP contribution in [-0.2, 0) is 11.2 Å². The standard InChI is InChI=1S/C13H15BrN4O2/c1-8(13(19)20)9(2)18-12(15-16-17-18)7-10-4-3-5-11(14)6-10/h3-6,8-9H,7H2,1-2H3,(H,19,20). The zero-order chi connectivity index (χ0) is 14.7. The highest BCUT2D eigenvalue weighted by Gasteiger charge is 2.24. The van der Waals surface area contributed by atoms with Gasteiger partial charge in [-0.3, -0.25) is 4.79 Å². The van der Waals surface area contributed by atoms with Crippen molar-refractivity contribution in [3.63, 3.8) is 0 Å². The maximum atomic E-state index is 11.1. The van der Waals surface area contributed by atoms with Crippen molar-refractivity contribution in [3.8, 4) is 0 Å². The molecule has 20 heavy (non-hydrogen) atoms. The smallest absolute Gasteiger partial charge is 0.308 e. The normalized spacial score (nSPS) is 13.9. The van der Waals surface area contributed by atoms with Gasteiger partial charge in [0, 0.05) is 10.9 Å². The average molecular weight is 339 g/mol. The lowest BCUT2D eigenvalue weighted by atomic mass is 10.0. The van der Waals surface area contributed by atoms with Crippen LogP contribution in [0.25, 0.3) is 0 Å². The van der Waals surface area contributed by atoms with E-state index < -0.39 is 11.9 Å². The maximum absolute atomic E-state index is 11.1. The minimum absolute atomic E-state index is 0.301. The molecule has 106 valence electrons. The lowest BCUT2D eigenvalue weighted by Crippen LogP contribution is -2.24. The van der Waals surface area contributed by atoms with Crippen molar-refractivity contribution < 1.29 is 9.90 Å². The molecule has 1 aromatic carbocycles. The summed E-state index contributed by atoms with van der Waals surface area (Å²) in [4.78, 5) is 11.1. The van der Waals surface area contributed by atoms with E-state index in [2.05, 4.69) is 31.5 Å². The highest BCUT2D eigenvalue weighted by atomic mass is 79.9. The highest BCUT2D eigenvalue weighted by molar-refractivity contribution is 9.10. The van der Waals surface area contributed by atoms with Crippen molar-refractivity contribution in [2.24, 2.45) is 5.92 Å². The zero-order valence-corrected chi connectivity index (χ0v) is 12.8. The number of aromatic nitrogens is 4. The van der Waals surface area contributed by atoms with Gasteiger partial charge in [0.15, 0.2) is 5.82 Å². The fraction of sp³-hybridized carbons (Fsp3) is 0.385. The lowest BCUT2D eigenvalue weighted by Gasteiger charge is -2.17. The molecule has 2 aromatic rings. The van der Waals surface area contributed by atoms with Crippen LogP contribution in [0.5, 0.6) is 0 Å². The first-order valence-electron chi connectivity index (χ1n) is 6.23. The second-order valence-electron chi connectivity index (χ2n) is 4.71. The molecule has 0 aliphatic carbocycles. The Kier molecular flexibility index (Phi) is 4.49. The van der Waals surface area contributed by atoms with E-state index in [9.17, 15) is 4.79 Å². The summed E-state index contributed by atoms with van der Waals surface area (Å²) >= 11 is 3.42. The fourth-order valence-corrected chi connectivity index (χ4v) is 2.34. The van der Waals surface area contributed by atoms with Gasteiger partial charge >= 0.3 is 5.97 Å². The number of tetrazole rings is 1. The number of carboxylic acid groups (broad SMARTS) is 1. The van der Waals surface area contributed by atoms with Gasteiger partial charge in [0.2, 0.25) is 0 Å². The minimum Gasteiger partial charge on any atom is -0.481 e. The summed E-state index contributed by atoms with van der Waals surface area (Å²) in [5.74, 6) is -0.759. The summed E-state index contributed by atoms with van der Waals surface area (Å²) in [6, 6.07) is 7.56. The second-order valence-corrected chi connectivity index (χ2v) is 5.63. The van der Waals surface area contributed by atoms with Gasteiger partial charge in [-0.25, -0.2) is 4.68 Å². The quantitative estimate of drug-likeness (QED) is 0.904. The summed E-state index contributed by atoms with van der Waals surface area (Å²) < 4.78 is 2.57. The molecule has 0 bridgehead atoms. The van der Waals surface area contributed by atoms with Crippen molar-refractivity contribution in [1.82, 2.24) is 20.2 Å². The van der Waals surface area contributed by atoms with Crippen LogP contribution in [0.15, 0.2) is 28.7 Å². The molecule has 0 saturated carbocycles. The number of carboxylic acids is 1. The van der Waals surface area contributed by atoms with Crippen molar-refractivity contribution in [2.75, 3.05) is 0 Å². The molecule has 0 spiro atoms. The van der Waals surface area contributed by atoms with Crippen molar-refractivity contribution in [3.05, 3.63) is 40.1 Å². The molecule has 1 heterocycles. The number of rotatable bonds is 5. The van der Waals surface area contributed by atoms with Crippen molar-refractivity contribution in [1.29, 1.82) is 0 Å². The number of carbonyl (C=O) groups is 1. The van der Waals surface area contributed by atoms with E-state index in [4.69, 9.17) is 5.11 Å². The molecule has 2 unspecified atom stereocenters. The molecule has 2 rings (SSSR count). The average Bonchev–Trinajstić information content (AvgIpc) is 2.85. The van der Waals surface area contributed by atoms with E-state index in [-0.39, 0.29) is 6.04 Å². The summed E-state index contributed by atoms with van der Waals surface area (Å²) in [6.07, 6.45) is 0.559. The van der Waals surface area contributed by atoms with Gasteiger partial charge in [-0.1, -0.05) is 28.1 Å². The van der Waals surface area contributed by atoms with Gasteiger partial charge in [-0.05, 0) is 42.0 Å². The van der Waals surface area contributed by atoms with E-state index in [0.717, 1.165) is 10.0 Å². The van der Waals surface area contributed by atoms with E-state index in [1.165, 1.54) is 0 Å². The summed E-state index contributed by atoms with van der Waals surface area (Å²) in [5, 5.41) is 20.7. The Morgan fingerprint density at radius 3 is 2.85 bits per heavy atom. The fourth-order valence-electron chi connectivity index (χ4n) is 1.89. The Morgan fingerprint density at radius 2 is 2.20 bits per heavy atom. The van der Waals surface area contributed by atoms with Gasteiger partial charge in [-0.2, -0.15) is 0 Å². The largest absolute Gasteiger partial charge is 0.481 e. The van der Waals surface area contributed by atoms with E-state index >= 15 is 0 Å². The molecule has 7 heteroatoms. The van der Waals surface area contributed by atoms with Crippen molar-refractivity contribution >= 4 is 21.9 Å². The third kappa shape index (κ3) is 3.22. The summed E-state index contributed by atoms with van der Waals surface area (Å²) in [5.41, 5.74) is 1.06. The van der Waals surface area contributed by atoms with Crippen LogP contribution in [-0.4, -0.2) is 31.3 Å². The van der Waals surface area contributed by atoms with Gasteiger partial charge in [0.05, 0.1) is 12.0 Å². The van der Waals surface area contributed by atoms with E-state index in [1.54, 1.807) is 18.5 Å². The molecule has 0 amide bonds. The third-order valence-corrected chi connectivity index (χ3v) is 3.80. The van der Waals surface area contributed by atoms with Crippen LogP contribution < -0.4 is 0 Å². The first kappa shape index (κ1) is 14.6. The number of halogens is 1. The Balaban J connectivity index is 2.22. The predicted molar refractivity (Wildman–Crippen MR) is 76.3 cm³/mol. The van der Waals surface area contributed by atoms with Crippen LogP contribution in [0.4, 0.5) is 0 Å². The topological polar surface area (TPSA) is 80.9 Å². The molecule has 1 aromatic heterocycles. The zero-order valence-electron chi connectivity index (χ0n) is 11.2. The molecule has 0 saturated heterocycles. The Labute approximate surface area is 124 Å².